The van der Waals surface area contributed by atoms with Gasteiger partial charge in [0.25, 0.3) is 0 Å². The standard InChI is InChI=1S/C15H30N2O/c1-12(2)14-10-16-15(3,13-6-7-13)11-17(14)8-5-9-18-4/h12-14,16H,5-11H2,1-4H3. The lowest BCUT2D eigenvalue weighted by atomic mass is 9.88. The molecule has 1 heterocycles. The third-order valence-corrected chi connectivity index (χ3v) is 4.76. The van der Waals surface area contributed by atoms with E-state index in [1.807, 2.05) is 0 Å². The summed E-state index contributed by atoms with van der Waals surface area (Å²) < 4.78 is 5.20. The zero-order chi connectivity index (χ0) is 13.2. The van der Waals surface area contributed by atoms with Crippen LogP contribution in [0.1, 0.15) is 40.0 Å². The van der Waals surface area contributed by atoms with Gasteiger partial charge in [0.05, 0.1) is 0 Å². The van der Waals surface area contributed by atoms with Crippen molar-refractivity contribution < 1.29 is 4.74 Å². The van der Waals surface area contributed by atoms with E-state index < -0.39 is 0 Å². The summed E-state index contributed by atoms with van der Waals surface area (Å²) in [6.07, 6.45) is 3.99. The largest absolute Gasteiger partial charge is 0.385 e. The highest BCUT2D eigenvalue weighted by Crippen LogP contribution is 2.41. The van der Waals surface area contributed by atoms with Gasteiger partial charge >= 0.3 is 0 Å². The molecule has 2 atom stereocenters. The van der Waals surface area contributed by atoms with Gasteiger partial charge in [-0.15, -0.1) is 0 Å². The molecule has 1 aliphatic heterocycles. The molecule has 0 radical (unpaired) electrons. The smallest absolute Gasteiger partial charge is 0.0474 e. The molecule has 0 amide bonds. The van der Waals surface area contributed by atoms with Crippen molar-refractivity contribution in [3.8, 4) is 0 Å². The second-order valence-corrected chi connectivity index (χ2v) is 6.70. The minimum Gasteiger partial charge on any atom is -0.385 e. The maximum Gasteiger partial charge on any atom is 0.0474 e. The first-order chi connectivity index (χ1) is 8.57. The Labute approximate surface area is 112 Å². The van der Waals surface area contributed by atoms with Gasteiger partial charge in [-0.3, -0.25) is 4.90 Å². The lowest BCUT2D eigenvalue weighted by Gasteiger charge is -2.48. The van der Waals surface area contributed by atoms with Crippen LogP contribution in [-0.4, -0.2) is 49.8 Å². The first-order valence-electron chi connectivity index (χ1n) is 7.55. The van der Waals surface area contributed by atoms with E-state index in [9.17, 15) is 0 Å². The van der Waals surface area contributed by atoms with Gasteiger partial charge in [0.1, 0.15) is 0 Å². The Morgan fingerprint density at radius 1 is 1.39 bits per heavy atom. The van der Waals surface area contributed by atoms with Gasteiger partial charge < -0.3 is 10.1 Å². The molecule has 0 aromatic rings. The van der Waals surface area contributed by atoms with Crippen LogP contribution < -0.4 is 5.32 Å². The normalized spacial score (nSPS) is 34.2. The van der Waals surface area contributed by atoms with Crippen molar-refractivity contribution in [2.45, 2.75) is 51.6 Å². The molecule has 3 nitrogen and oxygen atoms in total. The minimum atomic E-state index is 0.360. The molecule has 1 N–H and O–H groups in total. The van der Waals surface area contributed by atoms with Gasteiger partial charge in [-0.05, 0) is 38.0 Å². The molecule has 2 rings (SSSR count). The van der Waals surface area contributed by atoms with Crippen molar-refractivity contribution in [1.82, 2.24) is 10.2 Å². The van der Waals surface area contributed by atoms with E-state index in [-0.39, 0.29) is 0 Å². The number of ether oxygens (including phenoxy) is 1. The summed E-state index contributed by atoms with van der Waals surface area (Å²) in [5.74, 6) is 1.64. The number of hydrogen-bond donors (Lipinski definition) is 1. The van der Waals surface area contributed by atoms with E-state index in [0.29, 0.717) is 11.6 Å². The van der Waals surface area contributed by atoms with Gasteiger partial charge in [-0.25, -0.2) is 0 Å². The SMILES string of the molecule is COCCCN1CC(C)(C2CC2)NCC1C(C)C. The van der Waals surface area contributed by atoms with E-state index >= 15 is 0 Å². The fourth-order valence-electron chi connectivity index (χ4n) is 3.37. The summed E-state index contributed by atoms with van der Waals surface area (Å²) in [5, 5.41) is 3.84. The molecular weight excluding hydrogens is 224 g/mol. The van der Waals surface area contributed by atoms with Crippen LogP contribution in [0.3, 0.4) is 0 Å². The average molecular weight is 254 g/mol. The predicted molar refractivity (Wildman–Crippen MR) is 75.8 cm³/mol. The minimum absolute atomic E-state index is 0.360. The second-order valence-electron chi connectivity index (χ2n) is 6.70. The Morgan fingerprint density at radius 2 is 2.11 bits per heavy atom. The van der Waals surface area contributed by atoms with Crippen molar-refractivity contribution in [1.29, 1.82) is 0 Å². The molecule has 2 fully saturated rings. The van der Waals surface area contributed by atoms with E-state index in [1.165, 1.54) is 25.9 Å². The fraction of sp³-hybridized carbons (Fsp3) is 1.00. The maximum atomic E-state index is 5.20. The molecule has 0 aromatic carbocycles. The van der Waals surface area contributed by atoms with Crippen LogP contribution in [0.15, 0.2) is 0 Å². The van der Waals surface area contributed by atoms with E-state index in [2.05, 4.69) is 31.0 Å². The molecule has 1 saturated carbocycles. The summed E-state index contributed by atoms with van der Waals surface area (Å²) in [4.78, 5) is 2.71. The summed E-state index contributed by atoms with van der Waals surface area (Å²) >= 11 is 0. The highest BCUT2D eigenvalue weighted by atomic mass is 16.5. The molecule has 2 aliphatic rings. The average Bonchev–Trinajstić information content (AvgIpc) is 3.13. The number of rotatable bonds is 6. The van der Waals surface area contributed by atoms with Crippen molar-refractivity contribution in [2.75, 3.05) is 33.4 Å². The Kier molecular flexibility index (Phi) is 4.68. The number of piperazine rings is 1. The molecule has 18 heavy (non-hydrogen) atoms. The Morgan fingerprint density at radius 3 is 2.67 bits per heavy atom. The van der Waals surface area contributed by atoms with Crippen molar-refractivity contribution in [3.05, 3.63) is 0 Å². The molecule has 106 valence electrons. The van der Waals surface area contributed by atoms with Crippen LogP contribution in [0.25, 0.3) is 0 Å². The van der Waals surface area contributed by atoms with Crippen LogP contribution in [0.2, 0.25) is 0 Å². The fourth-order valence-corrected chi connectivity index (χ4v) is 3.37. The molecule has 1 saturated heterocycles. The van der Waals surface area contributed by atoms with Gasteiger partial charge in [0.15, 0.2) is 0 Å². The molecular formula is C15H30N2O. The first kappa shape index (κ1) is 14.3. The Hall–Kier alpha value is -0.120. The van der Waals surface area contributed by atoms with Crippen LogP contribution in [0.4, 0.5) is 0 Å². The Bertz CT molecular complexity index is 265. The van der Waals surface area contributed by atoms with E-state index in [4.69, 9.17) is 4.74 Å². The van der Waals surface area contributed by atoms with E-state index in [1.54, 1.807) is 7.11 Å². The zero-order valence-electron chi connectivity index (χ0n) is 12.5. The molecule has 0 spiro atoms. The number of hydrogen-bond acceptors (Lipinski definition) is 3. The monoisotopic (exact) mass is 254 g/mol. The first-order valence-corrected chi connectivity index (χ1v) is 7.55. The topological polar surface area (TPSA) is 24.5 Å². The van der Waals surface area contributed by atoms with Crippen molar-refractivity contribution >= 4 is 0 Å². The van der Waals surface area contributed by atoms with Gasteiger partial charge in [-0.2, -0.15) is 0 Å². The van der Waals surface area contributed by atoms with Crippen LogP contribution >= 0.6 is 0 Å². The lowest BCUT2D eigenvalue weighted by Crippen LogP contribution is -2.65. The molecule has 1 aliphatic carbocycles. The molecule has 3 heteroatoms. The highest BCUT2D eigenvalue weighted by Gasteiger charge is 2.46. The van der Waals surface area contributed by atoms with Crippen LogP contribution in [0.5, 0.6) is 0 Å². The highest BCUT2D eigenvalue weighted by molar-refractivity contribution is 5.04. The lowest BCUT2D eigenvalue weighted by molar-refractivity contribution is 0.0452. The Balaban J connectivity index is 1.94. The summed E-state index contributed by atoms with van der Waals surface area (Å²) in [5.41, 5.74) is 0.360. The zero-order valence-corrected chi connectivity index (χ0v) is 12.5. The molecule has 2 unspecified atom stereocenters. The quantitative estimate of drug-likeness (QED) is 0.735. The second kappa shape index (κ2) is 5.89. The molecule has 0 aromatic heterocycles. The molecule has 0 bridgehead atoms. The number of methoxy groups -OCH3 is 1. The van der Waals surface area contributed by atoms with Gasteiger partial charge in [0, 0.05) is 44.9 Å². The third kappa shape index (κ3) is 3.25. The van der Waals surface area contributed by atoms with Gasteiger partial charge in [-0.1, -0.05) is 13.8 Å². The summed E-state index contributed by atoms with van der Waals surface area (Å²) in [6, 6.07) is 0.689. The predicted octanol–water partition coefficient (Wildman–Crippen LogP) is 2.12. The van der Waals surface area contributed by atoms with Crippen molar-refractivity contribution in [2.24, 2.45) is 11.8 Å². The van der Waals surface area contributed by atoms with Gasteiger partial charge in [0.2, 0.25) is 0 Å². The van der Waals surface area contributed by atoms with Crippen molar-refractivity contribution in [3.63, 3.8) is 0 Å². The maximum absolute atomic E-state index is 5.20. The number of nitrogens with zero attached hydrogens (tertiary/aromatic N) is 1. The number of nitrogens with one attached hydrogen (secondary N) is 1. The van der Waals surface area contributed by atoms with Crippen LogP contribution in [-0.2, 0) is 4.74 Å². The summed E-state index contributed by atoms with van der Waals surface area (Å²) in [7, 11) is 1.80. The van der Waals surface area contributed by atoms with Crippen LogP contribution in [0, 0.1) is 11.8 Å². The van der Waals surface area contributed by atoms with E-state index in [0.717, 1.165) is 31.4 Å². The summed E-state index contributed by atoms with van der Waals surface area (Å²) in [6.45, 7) is 11.5. The third-order valence-electron chi connectivity index (χ3n) is 4.76.